The maximum absolute atomic E-state index is 12.5. The summed E-state index contributed by atoms with van der Waals surface area (Å²) >= 11 is 0. The summed E-state index contributed by atoms with van der Waals surface area (Å²) in [5.41, 5.74) is 0.193. The van der Waals surface area contributed by atoms with E-state index in [0.29, 0.717) is 0 Å². The van der Waals surface area contributed by atoms with Crippen molar-refractivity contribution in [1.29, 1.82) is 0 Å². The molecular formula is C6H7FN2O2S. The van der Waals surface area contributed by atoms with E-state index in [0.717, 1.165) is 12.3 Å². The topological polar surface area (TPSA) is 73.0 Å². The summed E-state index contributed by atoms with van der Waals surface area (Å²) in [5, 5.41) is 4.79. The predicted molar refractivity (Wildman–Crippen MR) is 40.3 cm³/mol. The summed E-state index contributed by atoms with van der Waals surface area (Å²) in [6, 6.07) is 0.845. The van der Waals surface area contributed by atoms with Gasteiger partial charge in [0.2, 0.25) is 10.0 Å². The Hall–Kier alpha value is -1.01. The highest BCUT2D eigenvalue weighted by molar-refractivity contribution is 7.89. The van der Waals surface area contributed by atoms with Gasteiger partial charge < -0.3 is 0 Å². The number of aryl methyl sites for hydroxylation is 1. The van der Waals surface area contributed by atoms with Crippen LogP contribution in [0.5, 0.6) is 0 Å². The van der Waals surface area contributed by atoms with E-state index in [1.165, 1.54) is 6.92 Å². The van der Waals surface area contributed by atoms with Gasteiger partial charge in [-0.05, 0) is 13.0 Å². The largest absolute Gasteiger partial charge is 0.257 e. The average molecular weight is 190 g/mol. The molecule has 12 heavy (non-hydrogen) atoms. The normalized spacial score (nSPS) is 11.6. The predicted octanol–water partition coefficient (Wildman–Crippen LogP) is 0.177. The lowest BCUT2D eigenvalue weighted by Crippen LogP contribution is -2.14. The SMILES string of the molecule is Cc1ncc(F)cc1S(N)(=O)=O. The molecule has 0 fully saturated rings. The van der Waals surface area contributed by atoms with Gasteiger partial charge in [0, 0.05) is 0 Å². The van der Waals surface area contributed by atoms with Crippen LogP contribution < -0.4 is 5.14 Å². The summed E-state index contributed by atoms with van der Waals surface area (Å²) in [6.07, 6.45) is 0.935. The highest BCUT2D eigenvalue weighted by Gasteiger charge is 2.12. The van der Waals surface area contributed by atoms with Gasteiger partial charge in [-0.25, -0.2) is 17.9 Å². The fraction of sp³-hybridized carbons (Fsp3) is 0.167. The van der Waals surface area contributed by atoms with E-state index in [4.69, 9.17) is 5.14 Å². The van der Waals surface area contributed by atoms with E-state index in [1.54, 1.807) is 0 Å². The van der Waals surface area contributed by atoms with Crippen LogP contribution in [0.3, 0.4) is 0 Å². The molecule has 1 heterocycles. The molecule has 0 aliphatic rings. The van der Waals surface area contributed by atoms with Crippen LogP contribution in [-0.2, 0) is 10.0 Å². The van der Waals surface area contributed by atoms with Gasteiger partial charge in [-0.1, -0.05) is 0 Å². The maximum atomic E-state index is 12.5. The number of pyridine rings is 1. The van der Waals surface area contributed by atoms with E-state index >= 15 is 0 Å². The first-order chi connectivity index (χ1) is 5.41. The number of primary sulfonamides is 1. The molecular weight excluding hydrogens is 183 g/mol. The number of halogens is 1. The van der Waals surface area contributed by atoms with Gasteiger partial charge in [-0.15, -0.1) is 0 Å². The van der Waals surface area contributed by atoms with Gasteiger partial charge in [0.15, 0.2) is 0 Å². The lowest BCUT2D eigenvalue weighted by molar-refractivity contribution is 0.587. The Morgan fingerprint density at radius 1 is 1.58 bits per heavy atom. The van der Waals surface area contributed by atoms with E-state index < -0.39 is 15.8 Å². The molecule has 66 valence electrons. The molecule has 0 radical (unpaired) electrons. The number of nitrogens with zero attached hydrogens (tertiary/aromatic N) is 1. The molecule has 6 heteroatoms. The molecule has 0 aliphatic carbocycles. The molecule has 0 saturated heterocycles. The minimum absolute atomic E-state index is 0.193. The van der Waals surface area contributed by atoms with E-state index in [-0.39, 0.29) is 10.6 Å². The number of hydrogen-bond donors (Lipinski definition) is 1. The van der Waals surface area contributed by atoms with Crippen molar-refractivity contribution >= 4 is 10.0 Å². The summed E-state index contributed by atoms with van der Waals surface area (Å²) in [6.45, 7) is 1.44. The molecule has 0 aromatic carbocycles. The Morgan fingerprint density at radius 3 is 2.58 bits per heavy atom. The molecule has 2 N–H and O–H groups in total. The second-order valence-corrected chi connectivity index (χ2v) is 3.81. The number of rotatable bonds is 1. The van der Waals surface area contributed by atoms with Crippen molar-refractivity contribution in [3.8, 4) is 0 Å². The van der Waals surface area contributed by atoms with Gasteiger partial charge in [-0.2, -0.15) is 0 Å². The quantitative estimate of drug-likeness (QED) is 0.686. The van der Waals surface area contributed by atoms with Gasteiger partial charge in [0.05, 0.1) is 11.9 Å². The van der Waals surface area contributed by atoms with Crippen molar-refractivity contribution in [1.82, 2.24) is 4.98 Å². The van der Waals surface area contributed by atoms with Crippen molar-refractivity contribution in [3.05, 3.63) is 23.8 Å². The third-order valence-corrected chi connectivity index (χ3v) is 2.34. The van der Waals surface area contributed by atoms with Crippen molar-refractivity contribution in [2.45, 2.75) is 11.8 Å². The molecule has 0 unspecified atom stereocenters. The summed E-state index contributed by atoms with van der Waals surface area (Å²) in [4.78, 5) is 3.24. The smallest absolute Gasteiger partial charge is 0.239 e. The molecule has 0 atom stereocenters. The lowest BCUT2D eigenvalue weighted by atomic mass is 10.4. The fourth-order valence-electron chi connectivity index (χ4n) is 0.777. The third-order valence-electron chi connectivity index (χ3n) is 1.31. The van der Waals surface area contributed by atoms with Crippen LogP contribution in [0.25, 0.3) is 0 Å². The molecule has 0 spiro atoms. The first-order valence-electron chi connectivity index (χ1n) is 3.06. The molecule has 0 saturated carbocycles. The summed E-state index contributed by atoms with van der Waals surface area (Å²) in [5.74, 6) is -0.718. The van der Waals surface area contributed by atoms with Crippen molar-refractivity contribution in [3.63, 3.8) is 0 Å². The Kier molecular flexibility index (Phi) is 2.12. The van der Waals surface area contributed by atoms with Crippen molar-refractivity contribution in [2.24, 2.45) is 5.14 Å². The van der Waals surface area contributed by atoms with Crippen LogP contribution in [0, 0.1) is 12.7 Å². The number of hydrogen-bond acceptors (Lipinski definition) is 3. The van der Waals surface area contributed by atoms with Crippen LogP contribution in [-0.4, -0.2) is 13.4 Å². The Bertz CT molecular complexity index is 402. The van der Waals surface area contributed by atoms with E-state index in [1.807, 2.05) is 0 Å². The molecule has 0 bridgehead atoms. The van der Waals surface area contributed by atoms with E-state index in [9.17, 15) is 12.8 Å². The van der Waals surface area contributed by atoms with Crippen molar-refractivity contribution in [2.75, 3.05) is 0 Å². The molecule has 1 rings (SSSR count). The molecule has 0 aliphatic heterocycles. The Balaban J connectivity index is 3.43. The second-order valence-electron chi connectivity index (χ2n) is 2.28. The lowest BCUT2D eigenvalue weighted by Gasteiger charge is -2.00. The monoisotopic (exact) mass is 190 g/mol. The van der Waals surface area contributed by atoms with Crippen LogP contribution in [0.4, 0.5) is 4.39 Å². The van der Waals surface area contributed by atoms with Gasteiger partial charge >= 0.3 is 0 Å². The number of nitrogens with two attached hydrogens (primary N) is 1. The summed E-state index contributed by atoms with van der Waals surface area (Å²) < 4.78 is 34.0. The van der Waals surface area contributed by atoms with Crippen molar-refractivity contribution < 1.29 is 12.8 Å². The van der Waals surface area contributed by atoms with E-state index in [2.05, 4.69) is 4.98 Å². The minimum Gasteiger partial charge on any atom is -0.257 e. The second kappa shape index (κ2) is 2.80. The van der Waals surface area contributed by atoms with Crippen LogP contribution in [0.1, 0.15) is 5.69 Å². The Labute approximate surface area is 69.3 Å². The zero-order valence-electron chi connectivity index (χ0n) is 6.28. The third kappa shape index (κ3) is 1.77. The first kappa shape index (κ1) is 9.08. The zero-order valence-corrected chi connectivity index (χ0v) is 7.10. The Morgan fingerprint density at radius 2 is 2.17 bits per heavy atom. The van der Waals surface area contributed by atoms with Gasteiger partial charge in [0.1, 0.15) is 10.7 Å². The first-order valence-corrected chi connectivity index (χ1v) is 4.61. The average Bonchev–Trinajstić information content (AvgIpc) is 1.92. The highest BCUT2D eigenvalue weighted by atomic mass is 32.2. The van der Waals surface area contributed by atoms with Crippen LogP contribution >= 0.6 is 0 Å². The number of sulfonamides is 1. The molecule has 1 aromatic rings. The van der Waals surface area contributed by atoms with Gasteiger partial charge in [0.25, 0.3) is 0 Å². The standard InChI is InChI=1S/C6H7FN2O2S/c1-4-6(12(8,10)11)2-5(7)3-9-4/h2-3H,1H3,(H2,8,10,11). The van der Waals surface area contributed by atoms with Gasteiger partial charge in [-0.3, -0.25) is 4.98 Å². The highest BCUT2D eigenvalue weighted by Crippen LogP contribution is 2.11. The molecule has 0 amide bonds. The maximum Gasteiger partial charge on any atom is 0.239 e. The zero-order chi connectivity index (χ0) is 9.35. The van der Waals surface area contributed by atoms with Crippen LogP contribution in [0.2, 0.25) is 0 Å². The number of aromatic nitrogens is 1. The molecule has 1 aromatic heterocycles. The summed E-state index contributed by atoms with van der Waals surface area (Å²) in [7, 11) is -3.86. The molecule has 4 nitrogen and oxygen atoms in total. The fourth-order valence-corrected chi connectivity index (χ4v) is 1.52. The minimum atomic E-state index is -3.86. The van der Waals surface area contributed by atoms with Crippen LogP contribution in [0.15, 0.2) is 17.2 Å².